The zero-order valence-corrected chi connectivity index (χ0v) is 10.6. The largest absolute Gasteiger partial charge is 0.466 e. The molecule has 7 heteroatoms. The average molecular weight is 262 g/mol. The predicted octanol–water partition coefficient (Wildman–Crippen LogP) is 1.39. The molecule has 0 spiro atoms. The maximum Gasteiger partial charge on any atom is 0.466 e. The highest BCUT2D eigenvalue weighted by atomic mass is 31.2. The lowest BCUT2D eigenvalue weighted by molar-refractivity contribution is 0.275. The van der Waals surface area contributed by atoms with Crippen LogP contribution in [-0.2, 0) is 11.0 Å². The first-order chi connectivity index (χ1) is 7.86. The Bertz CT molecular complexity index is 342. The maximum absolute atomic E-state index is 8.88. The summed E-state index contributed by atoms with van der Waals surface area (Å²) in [7, 11) is -4.64. The molecule has 17 heavy (non-hydrogen) atoms. The number of benzene rings is 1. The van der Waals surface area contributed by atoms with Crippen LogP contribution in [0.25, 0.3) is 0 Å². The summed E-state index contributed by atoms with van der Waals surface area (Å²) < 4.78 is 8.88. The van der Waals surface area contributed by atoms with Crippen molar-refractivity contribution in [2.75, 3.05) is 5.43 Å². The standard InChI is InChI=1S/C10H16N2.H3O4P/c1-2-3-4-9-5-7-10(12-11)8-6-9;1-5(2,3)4/h5-8,12H,2-4,11H2,1H3;(H3,1,2,3,4). The molecule has 1 rings (SSSR count). The van der Waals surface area contributed by atoms with Gasteiger partial charge in [-0.1, -0.05) is 25.5 Å². The predicted molar refractivity (Wildman–Crippen MR) is 67.1 cm³/mol. The number of anilines is 1. The molecule has 0 heterocycles. The smallest absolute Gasteiger partial charge is 0.324 e. The third kappa shape index (κ3) is 11.4. The second kappa shape index (κ2) is 8.22. The second-order valence-corrected chi connectivity index (χ2v) is 4.48. The zero-order chi connectivity index (χ0) is 13.3. The highest BCUT2D eigenvalue weighted by Crippen LogP contribution is 2.25. The van der Waals surface area contributed by atoms with Gasteiger partial charge in [0.15, 0.2) is 0 Å². The summed E-state index contributed by atoms with van der Waals surface area (Å²) in [6.07, 6.45) is 3.67. The van der Waals surface area contributed by atoms with Gasteiger partial charge in [-0.05, 0) is 30.5 Å². The van der Waals surface area contributed by atoms with E-state index in [4.69, 9.17) is 25.1 Å². The molecule has 1 aromatic rings. The van der Waals surface area contributed by atoms with Gasteiger partial charge in [0.1, 0.15) is 0 Å². The lowest BCUT2D eigenvalue weighted by Gasteiger charge is -2.02. The van der Waals surface area contributed by atoms with Crippen LogP contribution >= 0.6 is 7.82 Å². The first-order valence-corrected chi connectivity index (χ1v) is 6.77. The van der Waals surface area contributed by atoms with Crippen LogP contribution in [0.2, 0.25) is 0 Å². The van der Waals surface area contributed by atoms with E-state index in [0.717, 1.165) is 5.69 Å². The quantitative estimate of drug-likeness (QED) is 0.318. The fraction of sp³-hybridized carbons (Fsp3) is 0.400. The number of nitrogens with two attached hydrogens (primary N) is 1. The molecule has 1 aromatic carbocycles. The first kappa shape index (κ1) is 16.1. The number of hydrazine groups is 1. The molecular formula is C10H19N2O4P. The van der Waals surface area contributed by atoms with Crippen LogP contribution < -0.4 is 11.3 Å². The van der Waals surface area contributed by atoms with E-state index in [-0.39, 0.29) is 0 Å². The Labute approximate surface area is 101 Å². The number of nitrogens with one attached hydrogen (secondary N) is 1. The van der Waals surface area contributed by atoms with E-state index < -0.39 is 7.82 Å². The van der Waals surface area contributed by atoms with Crippen LogP contribution in [0, 0.1) is 0 Å². The van der Waals surface area contributed by atoms with Gasteiger partial charge in [0.25, 0.3) is 0 Å². The third-order valence-corrected chi connectivity index (χ3v) is 1.94. The summed E-state index contributed by atoms with van der Waals surface area (Å²) in [5.74, 6) is 5.25. The topological polar surface area (TPSA) is 116 Å². The third-order valence-electron chi connectivity index (χ3n) is 1.94. The Morgan fingerprint density at radius 1 is 1.24 bits per heavy atom. The van der Waals surface area contributed by atoms with Crippen molar-refractivity contribution in [1.82, 2.24) is 0 Å². The number of phosphoric acid groups is 1. The van der Waals surface area contributed by atoms with Gasteiger partial charge in [-0.3, -0.25) is 5.84 Å². The van der Waals surface area contributed by atoms with Crippen molar-refractivity contribution >= 4 is 13.5 Å². The molecule has 0 bridgehead atoms. The molecule has 0 fully saturated rings. The fourth-order valence-electron chi connectivity index (χ4n) is 1.15. The molecular weight excluding hydrogens is 243 g/mol. The van der Waals surface area contributed by atoms with Crippen LogP contribution in [-0.4, -0.2) is 14.7 Å². The van der Waals surface area contributed by atoms with Gasteiger partial charge in [0.2, 0.25) is 0 Å². The molecule has 0 aliphatic heterocycles. The number of rotatable bonds is 4. The number of nitrogen functional groups attached to an aromatic ring is 1. The van der Waals surface area contributed by atoms with E-state index in [9.17, 15) is 0 Å². The molecule has 6 N–H and O–H groups in total. The summed E-state index contributed by atoms with van der Waals surface area (Å²) >= 11 is 0. The number of aryl methyl sites for hydroxylation is 1. The molecule has 0 radical (unpaired) electrons. The molecule has 0 aliphatic carbocycles. The molecule has 0 aliphatic rings. The SMILES string of the molecule is CCCCc1ccc(NN)cc1.O=P(O)(O)O. The summed E-state index contributed by atoms with van der Waals surface area (Å²) in [5, 5.41) is 0. The minimum Gasteiger partial charge on any atom is -0.324 e. The first-order valence-electron chi connectivity index (χ1n) is 5.20. The van der Waals surface area contributed by atoms with Crippen LogP contribution in [0.3, 0.4) is 0 Å². The highest BCUT2D eigenvalue weighted by Gasteiger charge is 2.00. The Kier molecular flexibility index (Phi) is 7.78. The van der Waals surface area contributed by atoms with Gasteiger partial charge in [-0.15, -0.1) is 0 Å². The van der Waals surface area contributed by atoms with Crippen molar-refractivity contribution < 1.29 is 19.2 Å². The van der Waals surface area contributed by atoms with Crippen molar-refractivity contribution in [3.8, 4) is 0 Å². The van der Waals surface area contributed by atoms with E-state index >= 15 is 0 Å². The molecule has 0 unspecified atom stereocenters. The lowest BCUT2D eigenvalue weighted by atomic mass is 10.1. The maximum atomic E-state index is 8.88. The monoisotopic (exact) mass is 262 g/mol. The number of unbranched alkanes of at least 4 members (excludes halogenated alkanes) is 1. The molecule has 0 saturated heterocycles. The van der Waals surface area contributed by atoms with E-state index in [1.54, 1.807) is 0 Å². The molecule has 6 nitrogen and oxygen atoms in total. The average Bonchev–Trinajstić information content (AvgIpc) is 2.25. The van der Waals surface area contributed by atoms with E-state index in [1.807, 2.05) is 12.1 Å². The van der Waals surface area contributed by atoms with E-state index in [2.05, 4.69) is 24.5 Å². The van der Waals surface area contributed by atoms with E-state index in [0.29, 0.717) is 0 Å². The second-order valence-electron chi connectivity index (χ2n) is 3.46. The minimum atomic E-state index is -4.64. The summed E-state index contributed by atoms with van der Waals surface area (Å²) in [5.41, 5.74) is 4.96. The normalized spacial score (nSPS) is 10.4. The zero-order valence-electron chi connectivity index (χ0n) is 9.71. The molecule has 98 valence electrons. The number of hydrogen-bond donors (Lipinski definition) is 5. The summed E-state index contributed by atoms with van der Waals surface area (Å²) in [6, 6.07) is 8.24. The summed E-state index contributed by atoms with van der Waals surface area (Å²) in [6.45, 7) is 2.20. The lowest BCUT2D eigenvalue weighted by Crippen LogP contribution is -2.06. The minimum absolute atomic E-state index is 0.968. The van der Waals surface area contributed by atoms with Gasteiger partial charge in [-0.25, -0.2) is 4.57 Å². The van der Waals surface area contributed by atoms with Gasteiger partial charge in [-0.2, -0.15) is 0 Å². The highest BCUT2D eigenvalue weighted by molar-refractivity contribution is 7.45. The molecule has 0 aromatic heterocycles. The van der Waals surface area contributed by atoms with Crippen molar-refractivity contribution in [2.45, 2.75) is 26.2 Å². The van der Waals surface area contributed by atoms with Crippen molar-refractivity contribution in [1.29, 1.82) is 0 Å². The molecule has 0 atom stereocenters. The summed E-state index contributed by atoms with van der Waals surface area (Å²) in [4.78, 5) is 21.6. The Balaban J connectivity index is 0.000000437. The Morgan fingerprint density at radius 3 is 2.06 bits per heavy atom. The molecule has 0 saturated carbocycles. The van der Waals surface area contributed by atoms with Gasteiger partial charge >= 0.3 is 7.82 Å². The molecule has 0 amide bonds. The fourth-order valence-corrected chi connectivity index (χ4v) is 1.15. The van der Waals surface area contributed by atoms with Crippen LogP contribution in [0.4, 0.5) is 5.69 Å². The van der Waals surface area contributed by atoms with Crippen LogP contribution in [0.5, 0.6) is 0 Å². The van der Waals surface area contributed by atoms with Crippen molar-refractivity contribution in [3.05, 3.63) is 29.8 Å². The Morgan fingerprint density at radius 2 is 1.71 bits per heavy atom. The van der Waals surface area contributed by atoms with Crippen LogP contribution in [0.1, 0.15) is 25.3 Å². The van der Waals surface area contributed by atoms with Gasteiger partial charge in [0.05, 0.1) is 0 Å². The van der Waals surface area contributed by atoms with Crippen molar-refractivity contribution in [2.24, 2.45) is 5.84 Å². The van der Waals surface area contributed by atoms with Crippen LogP contribution in [0.15, 0.2) is 24.3 Å². The van der Waals surface area contributed by atoms with Gasteiger partial charge < -0.3 is 20.1 Å². The van der Waals surface area contributed by atoms with E-state index in [1.165, 1.54) is 24.8 Å². The van der Waals surface area contributed by atoms with Crippen molar-refractivity contribution in [3.63, 3.8) is 0 Å². The number of hydrogen-bond acceptors (Lipinski definition) is 3. The van der Waals surface area contributed by atoms with Gasteiger partial charge in [0, 0.05) is 5.69 Å². The Hall–Kier alpha value is -0.910.